The predicted molar refractivity (Wildman–Crippen MR) is 93.9 cm³/mol. The molecular weight excluding hydrogens is 320 g/mol. The molecule has 1 saturated heterocycles. The number of para-hydroxylation sites is 2. The van der Waals surface area contributed by atoms with Crippen molar-refractivity contribution in [1.82, 2.24) is 15.1 Å². The molecule has 2 amide bonds. The number of hydrogen-bond acceptors (Lipinski definition) is 5. The number of aromatic nitrogens is 2. The molecule has 0 saturated carbocycles. The molecule has 1 aromatic carbocycles. The highest BCUT2D eigenvalue weighted by Crippen LogP contribution is 2.29. The molecule has 1 aliphatic heterocycles. The number of carbonyl (C=O) groups is 1. The maximum Gasteiger partial charge on any atom is 0.321 e. The van der Waals surface area contributed by atoms with Crippen molar-refractivity contribution in [3.63, 3.8) is 0 Å². The lowest BCUT2D eigenvalue weighted by atomic mass is 9.97. The number of benzene rings is 1. The van der Waals surface area contributed by atoms with Crippen LogP contribution in [0.5, 0.6) is 5.75 Å². The van der Waals surface area contributed by atoms with E-state index in [1.807, 2.05) is 43.0 Å². The molecule has 0 atom stereocenters. The molecule has 0 bridgehead atoms. The zero-order valence-electron chi connectivity index (χ0n) is 14.9. The van der Waals surface area contributed by atoms with Crippen molar-refractivity contribution in [2.75, 3.05) is 25.5 Å². The number of amides is 2. The molecular formula is C18H24N4O3. The second-order valence-electron chi connectivity index (χ2n) is 6.52. The van der Waals surface area contributed by atoms with Crippen LogP contribution in [-0.2, 0) is 0 Å². The third-order valence-corrected chi connectivity index (χ3v) is 4.43. The number of nitrogens with zero attached hydrogens (tertiary/aromatic N) is 3. The number of methoxy groups -OCH3 is 1. The highest BCUT2D eigenvalue weighted by atomic mass is 16.5. The first kappa shape index (κ1) is 17.3. The first-order valence-corrected chi connectivity index (χ1v) is 8.60. The Labute approximate surface area is 147 Å². The number of piperidine rings is 1. The van der Waals surface area contributed by atoms with Gasteiger partial charge in [-0.15, -0.1) is 10.2 Å². The van der Waals surface area contributed by atoms with Gasteiger partial charge in [-0.25, -0.2) is 4.79 Å². The van der Waals surface area contributed by atoms with E-state index >= 15 is 0 Å². The summed E-state index contributed by atoms with van der Waals surface area (Å²) < 4.78 is 11.0. The maximum absolute atomic E-state index is 12.5. The average molecular weight is 344 g/mol. The number of likely N-dealkylation sites (tertiary alicyclic amines) is 1. The number of hydrogen-bond donors (Lipinski definition) is 1. The highest BCUT2D eigenvalue weighted by molar-refractivity contribution is 5.91. The minimum Gasteiger partial charge on any atom is -0.495 e. The number of anilines is 1. The van der Waals surface area contributed by atoms with Crippen LogP contribution in [0.15, 0.2) is 28.7 Å². The summed E-state index contributed by atoms with van der Waals surface area (Å²) in [6.07, 6.45) is 1.64. The van der Waals surface area contributed by atoms with Crippen LogP contribution in [0.25, 0.3) is 0 Å². The number of rotatable bonds is 4. The van der Waals surface area contributed by atoms with Crippen LogP contribution in [0.4, 0.5) is 10.5 Å². The zero-order valence-corrected chi connectivity index (χ0v) is 14.9. The Morgan fingerprint density at radius 3 is 2.64 bits per heavy atom. The van der Waals surface area contributed by atoms with Gasteiger partial charge in [0.15, 0.2) is 0 Å². The Kier molecular flexibility index (Phi) is 5.21. The standard InChI is InChI=1S/C18H24N4O3/c1-12(2)16-20-21-17(25-16)13-8-10-22(11-9-13)18(23)19-14-6-4-5-7-15(14)24-3/h4-7,12-13H,8-11H2,1-3H3,(H,19,23). The summed E-state index contributed by atoms with van der Waals surface area (Å²) in [5, 5.41) is 11.2. The van der Waals surface area contributed by atoms with Crippen molar-refractivity contribution < 1.29 is 13.9 Å². The van der Waals surface area contributed by atoms with Gasteiger partial charge in [-0.1, -0.05) is 26.0 Å². The molecule has 134 valence electrons. The Bertz CT molecular complexity index is 721. The van der Waals surface area contributed by atoms with Gasteiger partial charge < -0.3 is 19.4 Å². The van der Waals surface area contributed by atoms with Gasteiger partial charge in [-0.2, -0.15) is 0 Å². The van der Waals surface area contributed by atoms with E-state index in [2.05, 4.69) is 15.5 Å². The minimum absolute atomic E-state index is 0.114. The summed E-state index contributed by atoms with van der Waals surface area (Å²) in [4.78, 5) is 14.3. The zero-order chi connectivity index (χ0) is 17.8. The van der Waals surface area contributed by atoms with Crippen molar-refractivity contribution in [3.05, 3.63) is 36.0 Å². The summed E-state index contributed by atoms with van der Waals surface area (Å²) in [7, 11) is 1.59. The van der Waals surface area contributed by atoms with Crippen LogP contribution in [0.2, 0.25) is 0 Å². The van der Waals surface area contributed by atoms with Crippen LogP contribution in [0.1, 0.15) is 50.3 Å². The second-order valence-corrected chi connectivity index (χ2v) is 6.52. The fourth-order valence-electron chi connectivity index (χ4n) is 2.92. The van der Waals surface area contributed by atoms with Crippen molar-refractivity contribution in [1.29, 1.82) is 0 Å². The van der Waals surface area contributed by atoms with Crippen LogP contribution < -0.4 is 10.1 Å². The SMILES string of the molecule is COc1ccccc1NC(=O)N1CCC(c2nnc(C(C)C)o2)CC1. The van der Waals surface area contributed by atoms with Crippen molar-refractivity contribution in [2.24, 2.45) is 0 Å². The van der Waals surface area contributed by atoms with Gasteiger partial charge in [-0.05, 0) is 25.0 Å². The van der Waals surface area contributed by atoms with Gasteiger partial charge in [0, 0.05) is 24.9 Å². The Morgan fingerprint density at radius 2 is 2.00 bits per heavy atom. The normalized spacial score (nSPS) is 15.4. The minimum atomic E-state index is -0.114. The third kappa shape index (κ3) is 3.92. The van der Waals surface area contributed by atoms with E-state index < -0.39 is 0 Å². The third-order valence-electron chi connectivity index (χ3n) is 4.43. The summed E-state index contributed by atoms with van der Waals surface area (Å²) in [6.45, 7) is 5.38. The predicted octanol–water partition coefficient (Wildman–Crippen LogP) is 3.61. The molecule has 7 heteroatoms. The lowest BCUT2D eigenvalue weighted by Crippen LogP contribution is -2.40. The van der Waals surface area contributed by atoms with Crippen molar-refractivity contribution >= 4 is 11.7 Å². The van der Waals surface area contributed by atoms with Crippen LogP contribution >= 0.6 is 0 Å². The van der Waals surface area contributed by atoms with E-state index in [1.165, 1.54) is 0 Å². The van der Waals surface area contributed by atoms with Gasteiger partial charge in [-0.3, -0.25) is 0 Å². The van der Waals surface area contributed by atoms with E-state index in [0.717, 1.165) is 12.8 Å². The molecule has 0 aliphatic carbocycles. The maximum atomic E-state index is 12.5. The Morgan fingerprint density at radius 1 is 1.28 bits per heavy atom. The molecule has 3 rings (SSSR count). The summed E-state index contributed by atoms with van der Waals surface area (Å²) in [5.41, 5.74) is 0.676. The average Bonchev–Trinajstić information content (AvgIpc) is 3.13. The monoisotopic (exact) mass is 344 g/mol. The van der Waals surface area contributed by atoms with Crippen LogP contribution in [-0.4, -0.2) is 41.3 Å². The Balaban J connectivity index is 1.57. The fourth-order valence-corrected chi connectivity index (χ4v) is 2.92. The summed E-state index contributed by atoms with van der Waals surface area (Å²) >= 11 is 0. The summed E-state index contributed by atoms with van der Waals surface area (Å²) in [5.74, 6) is 2.46. The lowest BCUT2D eigenvalue weighted by molar-refractivity contribution is 0.189. The van der Waals surface area contributed by atoms with Crippen molar-refractivity contribution in [3.8, 4) is 5.75 Å². The molecule has 0 spiro atoms. The topological polar surface area (TPSA) is 80.5 Å². The molecule has 1 N–H and O–H groups in total. The molecule has 1 fully saturated rings. The largest absolute Gasteiger partial charge is 0.495 e. The summed E-state index contributed by atoms with van der Waals surface area (Å²) in [6, 6.07) is 7.28. The van der Waals surface area contributed by atoms with E-state index in [9.17, 15) is 4.79 Å². The first-order valence-electron chi connectivity index (χ1n) is 8.60. The van der Waals surface area contributed by atoms with Gasteiger partial charge >= 0.3 is 6.03 Å². The van der Waals surface area contributed by atoms with Gasteiger partial charge in [0.1, 0.15) is 5.75 Å². The van der Waals surface area contributed by atoms with E-state index in [-0.39, 0.29) is 17.9 Å². The first-order chi connectivity index (χ1) is 12.1. The van der Waals surface area contributed by atoms with E-state index in [1.54, 1.807) is 7.11 Å². The fraction of sp³-hybridized carbons (Fsp3) is 0.500. The molecule has 2 heterocycles. The number of carbonyl (C=O) groups excluding carboxylic acids is 1. The quantitative estimate of drug-likeness (QED) is 0.916. The van der Waals surface area contributed by atoms with Crippen LogP contribution in [0.3, 0.4) is 0 Å². The van der Waals surface area contributed by atoms with Crippen LogP contribution in [0, 0.1) is 0 Å². The molecule has 25 heavy (non-hydrogen) atoms. The molecule has 0 radical (unpaired) electrons. The van der Waals surface area contributed by atoms with Gasteiger partial charge in [0.25, 0.3) is 0 Å². The molecule has 1 aliphatic rings. The van der Waals surface area contributed by atoms with Gasteiger partial charge in [0.05, 0.1) is 12.8 Å². The van der Waals surface area contributed by atoms with E-state index in [4.69, 9.17) is 9.15 Å². The Hall–Kier alpha value is -2.57. The van der Waals surface area contributed by atoms with E-state index in [0.29, 0.717) is 36.3 Å². The number of ether oxygens (including phenoxy) is 1. The molecule has 0 unspecified atom stereocenters. The number of urea groups is 1. The molecule has 2 aromatic rings. The smallest absolute Gasteiger partial charge is 0.321 e. The number of nitrogens with one attached hydrogen (secondary N) is 1. The second kappa shape index (κ2) is 7.55. The lowest BCUT2D eigenvalue weighted by Gasteiger charge is -2.30. The van der Waals surface area contributed by atoms with Crippen molar-refractivity contribution in [2.45, 2.75) is 38.5 Å². The van der Waals surface area contributed by atoms with Gasteiger partial charge in [0.2, 0.25) is 11.8 Å². The highest BCUT2D eigenvalue weighted by Gasteiger charge is 2.28. The molecule has 1 aromatic heterocycles. The molecule has 7 nitrogen and oxygen atoms in total.